The molecule has 0 aromatic heterocycles. The highest BCUT2D eigenvalue weighted by atomic mass is 32.2. The predicted molar refractivity (Wildman–Crippen MR) is 104 cm³/mol. The standard InChI is InChI=1S/C19H23FN2O4S/c1-5-16(19(23)21-15-12-13(2)10-11-18(15)26-3)22(27(4,24)25)17-9-7-6-8-14(17)20/h6-12,16H,5H2,1-4H3,(H,21,23). The first kappa shape index (κ1) is 20.7. The van der Waals surface area contributed by atoms with E-state index in [1.807, 2.05) is 13.0 Å². The van der Waals surface area contributed by atoms with Crippen LogP contribution in [0.5, 0.6) is 5.75 Å². The number of rotatable bonds is 7. The molecule has 0 saturated heterocycles. The van der Waals surface area contributed by atoms with Crippen LogP contribution in [-0.4, -0.2) is 33.7 Å². The lowest BCUT2D eigenvalue weighted by Gasteiger charge is -2.30. The molecule has 1 amide bonds. The van der Waals surface area contributed by atoms with Crippen molar-refractivity contribution in [3.63, 3.8) is 0 Å². The summed E-state index contributed by atoms with van der Waals surface area (Å²) in [6.07, 6.45) is 1.10. The van der Waals surface area contributed by atoms with Crippen LogP contribution in [0.3, 0.4) is 0 Å². The fraction of sp³-hybridized carbons (Fsp3) is 0.316. The molecule has 0 heterocycles. The average molecular weight is 394 g/mol. The van der Waals surface area contributed by atoms with Crippen molar-refractivity contribution in [1.29, 1.82) is 0 Å². The van der Waals surface area contributed by atoms with Crippen LogP contribution in [0.25, 0.3) is 0 Å². The van der Waals surface area contributed by atoms with E-state index in [1.165, 1.54) is 25.3 Å². The van der Waals surface area contributed by atoms with Crippen LogP contribution < -0.4 is 14.4 Å². The molecule has 0 fully saturated rings. The van der Waals surface area contributed by atoms with Gasteiger partial charge in [0.1, 0.15) is 17.6 Å². The van der Waals surface area contributed by atoms with Crippen LogP contribution >= 0.6 is 0 Å². The Kier molecular flexibility index (Phi) is 6.43. The van der Waals surface area contributed by atoms with Crippen LogP contribution in [-0.2, 0) is 14.8 Å². The van der Waals surface area contributed by atoms with E-state index >= 15 is 0 Å². The average Bonchev–Trinajstić information content (AvgIpc) is 2.59. The van der Waals surface area contributed by atoms with Crippen molar-refractivity contribution in [3.8, 4) is 5.75 Å². The largest absolute Gasteiger partial charge is 0.495 e. The van der Waals surface area contributed by atoms with E-state index in [0.717, 1.165) is 22.2 Å². The molecule has 0 saturated carbocycles. The summed E-state index contributed by atoms with van der Waals surface area (Å²) in [4.78, 5) is 12.9. The summed E-state index contributed by atoms with van der Waals surface area (Å²) >= 11 is 0. The minimum atomic E-state index is -3.91. The summed E-state index contributed by atoms with van der Waals surface area (Å²) in [5.41, 5.74) is 1.15. The molecule has 2 aromatic carbocycles. The number of carbonyl (C=O) groups is 1. The van der Waals surface area contributed by atoms with Crippen molar-refractivity contribution < 1.29 is 22.3 Å². The van der Waals surface area contributed by atoms with E-state index in [9.17, 15) is 17.6 Å². The van der Waals surface area contributed by atoms with Gasteiger partial charge in [-0.25, -0.2) is 12.8 Å². The van der Waals surface area contributed by atoms with Gasteiger partial charge in [0.05, 0.1) is 24.7 Å². The van der Waals surface area contributed by atoms with E-state index in [0.29, 0.717) is 11.4 Å². The zero-order chi connectivity index (χ0) is 20.2. The van der Waals surface area contributed by atoms with Crippen LogP contribution in [0.4, 0.5) is 15.8 Å². The molecule has 0 radical (unpaired) electrons. The van der Waals surface area contributed by atoms with Crippen LogP contribution in [0.15, 0.2) is 42.5 Å². The van der Waals surface area contributed by atoms with Gasteiger partial charge >= 0.3 is 0 Å². The molecule has 0 aliphatic heterocycles. The van der Waals surface area contributed by atoms with Crippen LogP contribution in [0.1, 0.15) is 18.9 Å². The number of hydrogen-bond donors (Lipinski definition) is 1. The molecule has 0 aliphatic rings. The summed E-state index contributed by atoms with van der Waals surface area (Å²) in [5.74, 6) is -0.849. The molecule has 1 atom stereocenters. The van der Waals surface area contributed by atoms with Crippen molar-refractivity contribution in [3.05, 3.63) is 53.8 Å². The normalized spacial score (nSPS) is 12.3. The number of carbonyl (C=O) groups excluding carboxylic acids is 1. The Hall–Kier alpha value is -2.61. The van der Waals surface area contributed by atoms with Gasteiger partial charge in [-0.1, -0.05) is 25.1 Å². The van der Waals surface area contributed by atoms with Gasteiger partial charge in [0.25, 0.3) is 0 Å². The number of anilines is 2. The molecule has 1 unspecified atom stereocenters. The molecule has 27 heavy (non-hydrogen) atoms. The second kappa shape index (κ2) is 8.39. The summed E-state index contributed by atoms with van der Waals surface area (Å²) in [5, 5.41) is 2.70. The molecule has 2 aromatic rings. The number of para-hydroxylation sites is 1. The number of hydrogen-bond acceptors (Lipinski definition) is 4. The van der Waals surface area contributed by atoms with Gasteiger partial charge in [-0.2, -0.15) is 0 Å². The van der Waals surface area contributed by atoms with Crippen molar-refractivity contribution in [2.75, 3.05) is 23.0 Å². The topological polar surface area (TPSA) is 75.7 Å². The Labute approximate surface area is 159 Å². The Bertz CT molecular complexity index is 931. The SMILES string of the molecule is CCC(C(=O)Nc1cc(C)ccc1OC)N(c1ccccc1F)S(C)(=O)=O. The summed E-state index contributed by atoms with van der Waals surface area (Å²) in [6.45, 7) is 3.52. The van der Waals surface area contributed by atoms with Gasteiger partial charge in [-0.3, -0.25) is 9.10 Å². The van der Waals surface area contributed by atoms with Crippen LogP contribution in [0, 0.1) is 12.7 Å². The lowest BCUT2D eigenvalue weighted by molar-refractivity contribution is -0.117. The van der Waals surface area contributed by atoms with Crippen molar-refractivity contribution in [2.24, 2.45) is 0 Å². The number of ether oxygens (including phenoxy) is 1. The van der Waals surface area contributed by atoms with Crippen LogP contribution in [0.2, 0.25) is 0 Å². The van der Waals surface area contributed by atoms with E-state index < -0.39 is 27.8 Å². The molecule has 0 aliphatic carbocycles. The minimum Gasteiger partial charge on any atom is -0.495 e. The molecule has 0 bridgehead atoms. The highest BCUT2D eigenvalue weighted by Crippen LogP contribution is 2.28. The van der Waals surface area contributed by atoms with Gasteiger partial charge in [-0.15, -0.1) is 0 Å². The van der Waals surface area contributed by atoms with Gasteiger partial charge in [0, 0.05) is 0 Å². The molecule has 1 N–H and O–H groups in total. The molecule has 8 heteroatoms. The monoisotopic (exact) mass is 394 g/mol. The Balaban J connectivity index is 2.44. The zero-order valence-electron chi connectivity index (χ0n) is 15.7. The molecular formula is C19H23FN2O4S. The molecular weight excluding hydrogens is 371 g/mol. The second-order valence-electron chi connectivity index (χ2n) is 6.13. The molecule has 146 valence electrons. The lowest BCUT2D eigenvalue weighted by atomic mass is 10.1. The molecule has 0 spiro atoms. The second-order valence-corrected chi connectivity index (χ2v) is 7.99. The highest BCUT2D eigenvalue weighted by molar-refractivity contribution is 7.92. The summed E-state index contributed by atoms with van der Waals surface area (Å²) in [7, 11) is -2.44. The van der Waals surface area contributed by atoms with Crippen molar-refractivity contribution in [1.82, 2.24) is 0 Å². The fourth-order valence-electron chi connectivity index (χ4n) is 2.80. The van der Waals surface area contributed by atoms with Gasteiger partial charge in [0.15, 0.2) is 0 Å². The first-order valence-electron chi connectivity index (χ1n) is 8.38. The number of aryl methyl sites for hydroxylation is 1. The maximum Gasteiger partial charge on any atom is 0.248 e. The first-order valence-corrected chi connectivity index (χ1v) is 10.2. The van der Waals surface area contributed by atoms with E-state index in [4.69, 9.17) is 4.74 Å². The van der Waals surface area contributed by atoms with Crippen molar-refractivity contribution >= 4 is 27.3 Å². The zero-order valence-corrected chi connectivity index (χ0v) is 16.5. The Morgan fingerprint density at radius 1 is 1.26 bits per heavy atom. The number of amides is 1. The maximum atomic E-state index is 14.3. The minimum absolute atomic E-state index is 0.154. The number of methoxy groups -OCH3 is 1. The lowest BCUT2D eigenvalue weighted by Crippen LogP contribution is -2.47. The van der Waals surface area contributed by atoms with E-state index in [1.54, 1.807) is 19.1 Å². The number of halogens is 1. The number of benzene rings is 2. The number of sulfonamides is 1. The molecule has 2 rings (SSSR count). The van der Waals surface area contributed by atoms with Crippen molar-refractivity contribution in [2.45, 2.75) is 26.3 Å². The Morgan fingerprint density at radius 2 is 1.93 bits per heavy atom. The third-order valence-electron chi connectivity index (χ3n) is 4.03. The van der Waals surface area contributed by atoms with Gasteiger partial charge in [-0.05, 0) is 43.2 Å². The van der Waals surface area contributed by atoms with E-state index in [-0.39, 0.29) is 12.1 Å². The number of nitrogens with one attached hydrogen (secondary N) is 1. The Morgan fingerprint density at radius 3 is 2.48 bits per heavy atom. The summed E-state index contributed by atoms with van der Waals surface area (Å²) < 4.78 is 45.1. The number of nitrogens with zero attached hydrogens (tertiary/aromatic N) is 1. The van der Waals surface area contributed by atoms with Gasteiger partial charge < -0.3 is 10.1 Å². The quantitative estimate of drug-likeness (QED) is 0.782. The maximum absolute atomic E-state index is 14.3. The third-order valence-corrected chi connectivity index (χ3v) is 5.20. The first-order chi connectivity index (χ1) is 12.7. The predicted octanol–water partition coefficient (Wildman–Crippen LogP) is 3.33. The van der Waals surface area contributed by atoms with E-state index in [2.05, 4.69) is 5.32 Å². The summed E-state index contributed by atoms with van der Waals surface area (Å²) in [6, 6.07) is 9.59. The van der Waals surface area contributed by atoms with Gasteiger partial charge in [0.2, 0.25) is 15.9 Å². The smallest absolute Gasteiger partial charge is 0.248 e. The highest BCUT2D eigenvalue weighted by Gasteiger charge is 2.33. The third kappa shape index (κ3) is 4.77. The fourth-order valence-corrected chi connectivity index (χ4v) is 4.01. The molecule has 6 nitrogen and oxygen atoms in total.